The second-order valence-electron chi connectivity index (χ2n) is 4.46. The minimum Gasteiger partial charge on any atom is -0.505 e. The van der Waals surface area contributed by atoms with Gasteiger partial charge in [-0.05, 0) is 13.8 Å². The molecule has 2 aromatic rings. The third kappa shape index (κ3) is 4.71. The Bertz CT molecular complexity index is 732. The number of aromatic nitrogens is 3. The van der Waals surface area contributed by atoms with Crippen molar-refractivity contribution >= 4 is 35.2 Å². The van der Waals surface area contributed by atoms with Crippen molar-refractivity contribution in [3.63, 3.8) is 0 Å². The number of pyridine rings is 1. The normalized spacial score (nSPS) is 11.1. The van der Waals surface area contributed by atoms with Crippen molar-refractivity contribution < 1.29 is 15.0 Å². The Balaban J connectivity index is 1.93. The van der Waals surface area contributed by atoms with E-state index in [9.17, 15) is 15.0 Å². The summed E-state index contributed by atoms with van der Waals surface area (Å²) in [5, 5.41) is 31.6. The minimum atomic E-state index is -0.310. The van der Waals surface area contributed by atoms with Crippen LogP contribution < -0.4 is 5.43 Å². The number of aryl methyl sites for hydroxylation is 2. The molecule has 0 bridgehead atoms. The largest absolute Gasteiger partial charge is 0.505 e. The van der Waals surface area contributed by atoms with Crippen molar-refractivity contribution in [1.82, 2.24) is 20.6 Å². The van der Waals surface area contributed by atoms with E-state index >= 15 is 0 Å². The maximum Gasteiger partial charge on any atom is 0.250 e. The summed E-state index contributed by atoms with van der Waals surface area (Å²) in [6.45, 7) is 3.18. The van der Waals surface area contributed by atoms with Gasteiger partial charge in [-0.2, -0.15) is 5.10 Å². The molecule has 2 rings (SSSR count). The monoisotopic (exact) mass is 353 g/mol. The molecule has 0 aliphatic rings. The number of aliphatic hydroxyl groups is 1. The number of carbonyl (C=O) groups is 1. The summed E-state index contributed by atoms with van der Waals surface area (Å²) in [5.74, 6) is -0.233. The molecule has 2 heterocycles. The van der Waals surface area contributed by atoms with Gasteiger partial charge in [0.15, 0.2) is 4.34 Å². The van der Waals surface area contributed by atoms with Gasteiger partial charge in [-0.3, -0.25) is 9.78 Å². The van der Waals surface area contributed by atoms with E-state index in [1.165, 1.54) is 35.5 Å². The fraction of sp³-hybridized carbons (Fsp3) is 0.308. The van der Waals surface area contributed by atoms with Gasteiger partial charge in [0.2, 0.25) is 0 Å². The summed E-state index contributed by atoms with van der Waals surface area (Å²) in [4.78, 5) is 15.7. The van der Waals surface area contributed by atoms with Crippen LogP contribution in [0.4, 0.5) is 0 Å². The van der Waals surface area contributed by atoms with Crippen LogP contribution in [0.15, 0.2) is 15.6 Å². The zero-order chi connectivity index (χ0) is 16.8. The number of thioether (sulfide) groups is 1. The first-order valence-electron chi connectivity index (χ1n) is 6.54. The maximum absolute atomic E-state index is 11.7. The summed E-state index contributed by atoms with van der Waals surface area (Å²) in [6, 6.07) is 0. The molecular weight excluding hydrogens is 338 g/mol. The van der Waals surface area contributed by atoms with Gasteiger partial charge in [-0.15, -0.1) is 10.2 Å². The van der Waals surface area contributed by atoms with Crippen LogP contribution in [0.2, 0.25) is 0 Å². The van der Waals surface area contributed by atoms with Crippen LogP contribution in [0.1, 0.15) is 21.8 Å². The number of hydrogen-bond acceptors (Lipinski definition) is 9. The van der Waals surface area contributed by atoms with Gasteiger partial charge in [0, 0.05) is 17.3 Å². The smallest absolute Gasteiger partial charge is 0.250 e. The molecule has 0 atom stereocenters. The number of hydrogen-bond donors (Lipinski definition) is 3. The number of amides is 1. The van der Waals surface area contributed by atoms with Gasteiger partial charge < -0.3 is 10.2 Å². The summed E-state index contributed by atoms with van der Waals surface area (Å²) >= 11 is 2.68. The molecule has 23 heavy (non-hydrogen) atoms. The molecule has 122 valence electrons. The number of aromatic hydroxyl groups is 1. The molecular formula is C13H15N5O3S2. The van der Waals surface area contributed by atoms with Crippen LogP contribution in [0, 0.1) is 13.8 Å². The molecule has 0 unspecified atom stereocenters. The highest BCUT2D eigenvalue weighted by atomic mass is 32.2. The number of rotatable bonds is 6. The van der Waals surface area contributed by atoms with Crippen LogP contribution in [-0.2, 0) is 11.4 Å². The number of nitrogens with zero attached hydrogens (tertiary/aromatic N) is 4. The number of aliphatic hydroxyl groups excluding tert-OH is 1. The second-order valence-corrected chi connectivity index (χ2v) is 6.86. The van der Waals surface area contributed by atoms with E-state index in [1.807, 2.05) is 6.92 Å². The fourth-order valence-electron chi connectivity index (χ4n) is 1.59. The first-order valence-corrected chi connectivity index (χ1v) is 8.34. The summed E-state index contributed by atoms with van der Waals surface area (Å²) in [6.07, 6.45) is 2.74. The van der Waals surface area contributed by atoms with E-state index in [4.69, 9.17) is 0 Å². The van der Waals surface area contributed by atoms with Crippen LogP contribution >= 0.6 is 23.1 Å². The van der Waals surface area contributed by atoms with E-state index in [2.05, 4.69) is 25.7 Å². The molecule has 2 aromatic heterocycles. The lowest BCUT2D eigenvalue weighted by Crippen LogP contribution is -2.19. The fourth-order valence-corrected chi connectivity index (χ4v) is 3.20. The molecule has 0 saturated heterocycles. The van der Waals surface area contributed by atoms with Crippen molar-refractivity contribution in [1.29, 1.82) is 0 Å². The minimum absolute atomic E-state index is 0.0757. The zero-order valence-electron chi connectivity index (χ0n) is 12.5. The van der Waals surface area contributed by atoms with Crippen molar-refractivity contribution in [2.45, 2.75) is 24.8 Å². The number of nitrogens with one attached hydrogen (secondary N) is 1. The third-order valence-electron chi connectivity index (χ3n) is 2.75. The van der Waals surface area contributed by atoms with Gasteiger partial charge in [0.25, 0.3) is 5.91 Å². The zero-order valence-corrected chi connectivity index (χ0v) is 14.1. The van der Waals surface area contributed by atoms with E-state index in [1.54, 1.807) is 6.92 Å². The molecule has 0 aliphatic carbocycles. The Kier molecular flexibility index (Phi) is 6.02. The Labute approximate surface area is 140 Å². The molecule has 0 aromatic carbocycles. The standard InChI is InChI=1S/C13H15N5O3S2/c1-7-12(21)10(9(5-19)3-14-7)4-15-17-11(20)6-22-13-18-16-8(2)23-13/h3-4,19,21H,5-6H2,1-2H3,(H,17,20)/b15-4-. The average molecular weight is 353 g/mol. The lowest BCUT2D eigenvalue weighted by atomic mass is 10.1. The molecule has 0 fully saturated rings. The summed E-state index contributed by atoms with van der Waals surface area (Å²) < 4.78 is 0.714. The van der Waals surface area contributed by atoms with Crippen molar-refractivity contribution in [2.24, 2.45) is 5.10 Å². The van der Waals surface area contributed by atoms with E-state index in [-0.39, 0.29) is 24.0 Å². The predicted molar refractivity (Wildman–Crippen MR) is 87.7 cm³/mol. The van der Waals surface area contributed by atoms with Crippen LogP contribution in [-0.4, -0.2) is 43.3 Å². The second kappa shape index (κ2) is 7.99. The van der Waals surface area contributed by atoms with E-state index in [0.29, 0.717) is 21.2 Å². The Morgan fingerprint density at radius 2 is 2.26 bits per heavy atom. The van der Waals surface area contributed by atoms with Gasteiger partial charge in [0.1, 0.15) is 10.8 Å². The third-order valence-corrected chi connectivity index (χ3v) is 4.72. The quantitative estimate of drug-likeness (QED) is 0.402. The summed E-state index contributed by atoms with van der Waals surface area (Å²) in [5.41, 5.74) is 3.52. The van der Waals surface area contributed by atoms with Gasteiger partial charge in [0.05, 0.1) is 24.3 Å². The molecule has 3 N–H and O–H groups in total. The van der Waals surface area contributed by atoms with Crippen molar-refractivity contribution in [3.8, 4) is 5.75 Å². The van der Waals surface area contributed by atoms with E-state index < -0.39 is 0 Å². The highest BCUT2D eigenvalue weighted by molar-refractivity contribution is 8.01. The SMILES string of the molecule is Cc1nnc(SCC(=O)N/N=C\c2c(CO)cnc(C)c2O)s1. The van der Waals surface area contributed by atoms with Crippen LogP contribution in [0.25, 0.3) is 0 Å². The molecule has 10 heteroatoms. The number of hydrazone groups is 1. The van der Waals surface area contributed by atoms with Gasteiger partial charge >= 0.3 is 0 Å². The summed E-state index contributed by atoms with van der Waals surface area (Å²) in [7, 11) is 0. The maximum atomic E-state index is 11.7. The average Bonchev–Trinajstić information content (AvgIpc) is 2.95. The Hall–Kier alpha value is -2.04. The predicted octanol–water partition coefficient (Wildman–Crippen LogP) is 0.990. The highest BCUT2D eigenvalue weighted by Gasteiger charge is 2.10. The molecule has 0 aliphatic heterocycles. The molecule has 0 spiro atoms. The van der Waals surface area contributed by atoms with Gasteiger partial charge in [-0.1, -0.05) is 23.1 Å². The van der Waals surface area contributed by atoms with Crippen molar-refractivity contribution in [3.05, 3.63) is 28.0 Å². The van der Waals surface area contributed by atoms with E-state index in [0.717, 1.165) is 5.01 Å². The highest BCUT2D eigenvalue weighted by Crippen LogP contribution is 2.22. The van der Waals surface area contributed by atoms with Crippen LogP contribution in [0.3, 0.4) is 0 Å². The molecule has 0 saturated carbocycles. The Morgan fingerprint density at radius 3 is 2.91 bits per heavy atom. The van der Waals surface area contributed by atoms with Crippen LogP contribution in [0.5, 0.6) is 5.75 Å². The lowest BCUT2D eigenvalue weighted by Gasteiger charge is -2.06. The topological polar surface area (TPSA) is 121 Å². The van der Waals surface area contributed by atoms with Gasteiger partial charge in [-0.25, -0.2) is 5.43 Å². The lowest BCUT2D eigenvalue weighted by molar-refractivity contribution is -0.118. The Morgan fingerprint density at radius 1 is 1.48 bits per heavy atom. The molecule has 1 amide bonds. The first-order chi connectivity index (χ1) is 11.0. The number of carbonyl (C=O) groups excluding carboxylic acids is 1. The molecule has 0 radical (unpaired) electrons. The first kappa shape index (κ1) is 17.3. The molecule has 8 nitrogen and oxygen atoms in total. The van der Waals surface area contributed by atoms with Crippen molar-refractivity contribution in [2.75, 3.05) is 5.75 Å².